The van der Waals surface area contributed by atoms with Crippen LogP contribution in [0.25, 0.3) is 0 Å². The van der Waals surface area contributed by atoms with Crippen LogP contribution in [0, 0.1) is 23.2 Å². The van der Waals surface area contributed by atoms with Crippen LogP contribution in [0.2, 0.25) is 0 Å². The second-order valence-corrected chi connectivity index (χ2v) is 6.35. The molecule has 0 aromatic heterocycles. The molecule has 5 heteroatoms. The molecule has 0 radical (unpaired) electrons. The first-order chi connectivity index (χ1) is 7.82. The highest BCUT2D eigenvalue weighted by molar-refractivity contribution is 5.09. The average Bonchev–Trinajstić information content (AvgIpc) is 2.22. The standard InChI is InChI=1S/C12H18F3NO/c13-12(14,15)10(17)11-3-6-1-7(4-11)9(16)8(2-6)5-11/h6-10,17H,1-5,16H2. The van der Waals surface area contributed by atoms with Crippen LogP contribution in [-0.4, -0.2) is 23.4 Å². The predicted octanol–water partition coefficient (Wildman–Crippen LogP) is 2.06. The fourth-order valence-electron chi connectivity index (χ4n) is 4.81. The molecule has 0 heterocycles. The van der Waals surface area contributed by atoms with E-state index in [0.29, 0.717) is 25.2 Å². The van der Waals surface area contributed by atoms with Crippen LogP contribution in [0.15, 0.2) is 0 Å². The molecule has 0 aromatic rings. The largest absolute Gasteiger partial charge is 0.414 e. The number of hydrogen-bond acceptors (Lipinski definition) is 2. The zero-order valence-corrected chi connectivity index (χ0v) is 9.58. The van der Waals surface area contributed by atoms with Crippen LogP contribution in [0.5, 0.6) is 0 Å². The molecule has 3 atom stereocenters. The minimum atomic E-state index is -4.49. The van der Waals surface area contributed by atoms with Crippen LogP contribution in [0.4, 0.5) is 13.2 Å². The van der Waals surface area contributed by atoms with E-state index in [2.05, 4.69) is 0 Å². The Balaban J connectivity index is 1.90. The van der Waals surface area contributed by atoms with Crippen LogP contribution < -0.4 is 5.73 Å². The molecule has 98 valence electrons. The molecule has 4 aliphatic rings. The number of aliphatic hydroxyl groups excluding tert-OH is 1. The molecular formula is C12H18F3NO. The third-order valence-corrected chi connectivity index (χ3v) is 5.28. The third kappa shape index (κ3) is 1.62. The first-order valence-corrected chi connectivity index (χ1v) is 6.32. The predicted molar refractivity (Wildman–Crippen MR) is 56.0 cm³/mol. The second kappa shape index (κ2) is 3.38. The lowest BCUT2D eigenvalue weighted by atomic mass is 9.46. The molecule has 4 fully saturated rings. The van der Waals surface area contributed by atoms with Crippen LogP contribution in [0.3, 0.4) is 0 Å². The number of nitrogens with two attached hydrogens (primary N) is 1. The summed E-state index contributed by atoms with van der Waals surface area (Å²) in [6.07, 6.45) is -3.27. The summed E-state index contributed by atoms with van der Waals surface area (Å²) in [5.41, 5.74) is 5.15. The van der Waals surface area contributed by atoms with E-state index in [4.69, 9.17) is 5.73 Å². The lowest BCUT2D eigenvalue weighted by Gasteiger charge is -2.60. The van der Waals surface area contributed by atoms with Gasteiger partial charge in [-0.2, -0.15) is 13.2 Å². The number of hydrogen-bond donors (Lipinski definition) is 2. The smallest absolute Gasteiger partial charge is 0.383 e. The van der Waals surface area contributed by atoms with E-state index in [1.807, 2.05) is 0 Å². The van der Waals surface area contributed by atoms with Gasteiger partial charge in [0.1, 0.15) is 0 Å². The van der Waals surface area contributed by atoms with Crippen molar-refractivity contribution in [1.29, 1.82) is 0 Å². The lowest BCUT2D eigenvalue weighted by molar-refractivity contribution is -0.266. The average molecular weight is 249 g/mol. The van der Waals surface area contributed by atoms with E-state index in [0.717, 1.165) is 12.8 Å². The van der Waals surface area contributed by atoms with Crippen molar-refractivity contribution in [2.75, 3.05) is 0 Å². The highest BCUT2D eigenvalue weighted by atomic mass is 19.4. The van der Waals surface area contributed by atoms with E-state index in [1.165, 1.54) is 0 Å². The van der Waals surface area contributed by atoms with Crippen molar-refractivity contribution in [2.45, 2.75) is 50.4 Å². The maximum absolute atomic E-state index is 12.8. The minimum absolute atomic E-state index is 0.0557. The summed E-state index contributed by atoms with van der Waals surface area (Å²) in [7, 11) is 0. The molecule has 0 amide bonds. The zero-order chi connectivity index (χ0) is 12.4. The molecule has 0 saturated heterocycles. The Hall–Kier alpha value is -0.290. The van der Waals surface area contributed by atoms with Gasteiger partial charge in [0, 0.05) is 11.5 Å². The Kier molecular flexibility index (Phi) is 2.34. The van der Waals surface area contributed by atoms with Crippen molar-refractivity contribution in [3.05, 3.63) is 0 Å². The number of aliphatic hydroxyl groups is 1. The van der Waals surface area contributed by atoms with Crippen molar-refractivity contribution < 1.29 is 18.3 Å². The van der Waals surface area contributed by atoms with E-state index in [-0.39, 0.29) is 17.9 Å². The fraction of sp³-hybridized carbons (Fsp3) is 1.00. The SMILES string of the molecule is NC1C2CC3CC1CC(C(O)C(F)(F)F)(C3)C2. The Morgan fingerprint density at radius 1 is 1.12 bits per heavy atom. The molecule has 2 nitrogen and oxygen atoms in total. The van der Waals surface area contributed by atoms with Gasteiger partial charge in [-0.1, -0.05) is 0 Å². The molecule has 4 bridgehead atoms. The van der Waals surface area contributed by atoms with E-state index in [1.54, 1.807) is 0 Å². The van der Waals surface area contributed by atoms with Gasteiger partial charge in [-0.25, -0.2) is 0 Å². The van der Waals surface area contributed by atoms with Gasteiger partial charge in [0.25, 0.3) is 0 Å². The molecule has 4 saturated carbocycles. The van der Waals surface area contributed by atoms with E-state index in [9.17, 15) is 18.3 Å². The van der Waals surface area contributed by atoms with Crippen LogP contribution in [0.1, 0.15) is 32.1 Å². The maximum Gasteiger partial charge on any atom is 0.414 e. The van der Waals surface area contributed by atoms with Crippen LogP contribution in [-0.2, 0) is 0 Å². The first kappa shape index (κ1) is 11.8. The Labute approximate surface area is 98.4 Å². The maximum atomic E-state index is 12.8. The molecule has 0 spiro atoms. The Morgan fingerprint density at radius 3 is 2.12 bits per heavy atom. The van der Waals surface area contributed by atoms with Gasteiger partial charge in [0.05, 0.1) is 0 Å². The summed E-state index contributed by atoms with van der Waals surface area (Å²) in [5, 5.41) is 9.67. The molecule has 4 aliphatic carbocycles. The van der Waals surface area contributed by atoms with Crippen molar-refractivity contribution in [3.8, 4) is 0 Å². The molecule has 17 heavy (non-hydrogen) atoms. The molecule has 3 unspecified atom stereocenters. The van der Waals surface area contributed by atoms with Gasteiger partial charge in [-0.15, -0.1) is 0 Å². The van der Waals surface area contributed by atoms with Crippen molar-refractivity contribution in [3.63, 3.8) is 0 Å². The monoisotopic (exact) mass is 249 g/mol. The fourth-order valence-corrected chi connectivity index (χ4v) is 4.81. The van der Waals surface area contributed by atoms with Crippen molar-refractivity contribution >= 4 is 0 Å². The molecule has 0 aromatic carbocycles. The third-order valence-electron chi connectivity index (χ3n) is 5.28. The highest BCUT2D eigenvalue weighted by Gasteiger charge is 2.62. The molecule has 3 N–H and O–H groups in total. The second-order valence-electron chi connectivity index (χ2n) is 6.35. The number of halogens is 3. The van der Waals surface area contributed by atoms with Gasteiger partial charge in [0.15, 0.2) is 6.10 Å². The molecular weight excluding hydrogens is 231 g/mol. The topological polar surface area (TPSA) is 46.2 Å². The van der Waals surface area contributed by atoms with Gasteiger partial charge >= 0.3 is 6.18 Å². The zero-order valence-electron chi connectivity index (χ0n) is 9.58. The number of alkyl halides is 3. The van der Waals surface area contributed by atoms with Crippen molar-refractivity contribution in [1.82, 2.24) is 0 Å². The van der Waals surface area contributed by atoms with Gasteiger partial charge in [-0.05, 0) is 49.9 Å². The Morgan fingerprint density at radius 2 is 1.65 bits per heavy atom. The van der Waals surface area contributed by atoms with E-state index >= 15 is 0 Å². The van der Waals surface area contributed by atoms with Gasteiger partial charge < -0.3 is 10.8 Å². The quantitative estimate of drug-likeness (QED) is 0.747. The lowest BCUT2D eigenvalue weighted by Crippen LogP contribution is -2.62. The molecule has 0 aliphatic heterocycles. The Bertz CT molecular complexity index is 314. The number of rotatable bonds is 1. The van der Waals surface area contributed by atoms with Crippen molar-refractivity contribution in [2.24, 2.45) is 28.9 Å². The normalized spacial score (nSPS) is 50.6. The van der Waals surface area contributed by atoms with E-state index < -0.39 is 17.7 Å². The summed E-state index contributed by atoms with van der Waals surface area (Å²) in [4.78, 5) is 0. The summed E-state index contributed by atoms with van der Waals surface area (Å²) >= 11 is 0. The summed E-state index contributed by atoms with van der Waals surface area (Å²) < 4.78 is 38.3. The minimum Gasteiger partial charge on any atom is -0.383 e. The van der Waals surface area contributed by atoms with Gasteiger partial charge in [-0.3, -0.25) is 0 Å². The summed E-state index contributed by atoms with van der Waals surface area (Å²) in [6, 6.07) is 0.0557. The molecule has 4 rings (SSSR count). The highest BCUT2D eigenvalue weighted by Crippen LogP contribution is 2.62. The summed E-state index contributed by atoms with van der Waals surface area (Å²) in [6.45, 7) is 0. The van der Waals surface area contributed by atoms with Crippen LogP contribution >= 0.6 is 0 Å². The first-order valence-electron chi connectivity index (χ1n) is 6.32. The van der Waals surface area contributed by atoms with Gasteiger partial charge in [0.2, 0.25) is 0 Å². The summed E-state index contributed by atoms with van der Waals surface area (Å²) in [5.74, 6) is 0.737.